The first-order valence-corrected chi connectivity index (χ1v) is 6.15. The Labute approximate surface area is 103 Å². The van der Waals surface area contributed by atoms with E-state index < -0.39 is 0 Å². The standard InChI is InChI=1S/C10H12ClIN2/c1-14-4-2-3-9(14)7-5-8(12)10(11)13-6-7/h5-6,9H,2-4H2,1H3/t9-/m0/s1. The molecule has 0 spiro atoms. The lowest BCUT2D eigenvalue weighted by Gasteiger charge is -2.19. The number of hydrogen-bond acceptors (Lipinski definition) is 2. The number of halogens is 2. The molecule has 0 bridgehead atoms. The molecule has 1 fully saturated rings. The van der Waals surface area contributed by atoms with E-state index in [-0.39, 0.29) is 0 Å². The van der Waals surface area contributed by atoms with Crippen LogP contribution in [-0.4, -0.2) is 23.5 Å². The SMILES string of the molecule is CN1CCC[C@H]1c1cnc(Cl)c(I)c1. The van der Waals surface area contributed by atoms with Crippen LogP contribution in [0.25, 0.3) is 0 Å². The Morgan fingerprint density at radius 3 is 3.00 bits per heavy atom. The van der Waals surface area contributed by atoms with Gasteiger partial charge in [0.05, 0.1) is 3.57 Å². The molecule has 2 heterocycles. The van der Waals surface area contributed by atoms with Crippen LogP contribution in [0.4, 0.5) is 0 Å². The van der Waals surface area contributed by atoms with Crippen LogP contribution >= 0.6 is 34.2 Å². The molecule has 1 aromatic rings. The third-order valence-corrected chi connectivity index (χ3v) is 4.16. The molecule has 1 saturated heterocycles. The van der Waals surface area contributed by atoms with Gasteiger partial charge in [0.15, 0.2) is 0 Å². The van der Waals surface area contributed by atoms with Crippen molar-refractivity contribution < 1.29 is 0 Å². The number of rotatable bonds is 1. The molecule has 1 aromatic heterocycles. The largest absolute Gasteiger partial charge is 0.299 e. The van der Waals surface area contributed by atoms with Gasteiger partial charge in [0, 0.05) is 12.2 Å². The van der Waals surface area contributed by atoms with Gasteiger partial charge in [-0.05, 0) is 60.7 Å². The van der Waals surface area contributed by atoms with Gasteiger partial charge in [-0.3, -0.25) is 4.90 Å². The molecule has 76 valence electrons. The third-order valence-electron chi connectivity index (χ3n) is 2.72. The zero-order valence-electron chi connectivity index (χ0n) is 8.00. The number of pyridine rings is 1. The maximum atomic E-state index is 5.89. The van der Waals surface area contributed by atoms with Gasteiger partial charge in [-0.15, -0.1) is 0 Å². The average molecular weight is 323 g/mol. The fraction of sp³-hybridized carbons (Fsp3) is 0.500. The maximum absolute atomic E-state index is 5.89. The Bertz CT molecular complexity index is 343. The zero-order chi connectivity index (χ0) is 10.1. The highest BCUT2D eigenvalue weighted by Crippen LogP contribution is 2.31. The molecule has 1 aliphatic heterocycles. The molecular formula is C10H12ClIN2. The number of likely N-dealkylation sites (tertiary alicyclic amines) is 1. The second-order valence-electron chi connectivity index (χ2n) is 3.68. The summed E-state index contributed by atoms with van der Waals surface area (Å²) >= 11 is 8.12. The lowest BCUT2D eigenvalue weighted by molar-refractivity contribution is 0.317. The summed E-state index contributed by atoms with van der Waals surface area (Å²) in [7, 11) is 2.17. The highest BCUT2D eigenvalue weighted by atomic mass is 127. The van der Waals surface area contributed by atoms with Crippen LogP contribution < -0.4 is 0 Å². The van der Waals surface area contributed by atoms with Gasteiger partial charge in [0.1, 0.15) is 5.15 Å². The fourth-order valence-corrected chi connectivity index (χ4v) is 2.55. The summed E-state index contributed by atoms with van der Waals surface area (Å²) < 4.78 is 1.04. The van der Waals surface area contributed by atoms with E-state index in [0.29, 0.717) is 11.2 Å². The lowest BCUT2D eigenvalue weighted by atomic mass is 10.1. The van der Waals surface area contributed by atoms with Crippen molar-refractivity contribution in [2.45, 2.75) is 18.9 Å². The minimum Gasteiger partial charge on any atom is -0.299 e. The fourth-order valence-electron chi connectivity index (χ4n) is 1.95. The Morgan fingerprint density at radius 2 is 2.43 bits per heavy atom. The lowest BCUT2D eigenvalue weighted by Crippen LogP contribution is -2.17. The van der Waals surface area contributed by atoms with E-state index in [0.717, 1.165) is 3.57 Å². The van der Waals surface area contributed by atoms with Gasteiger partial charge in [-0.2, -0.15) is 0 Å². The summed E-state index contributed by atoms with van der Waals surface area (Å²) in [4.78, 5) is 6.56. The molecular weight excluding hydrogens is 310 g/mol. The van der Waals surface area contributed by atoms with E-state index in [4.69, 9.17) is 11.6 Å². The summed E-state index contributed by atoms with van der Waals surface area (Å²) in [6.07, 6.45) is 4.41. The van der Waals surface area contributed by atoms with E-state index >= 15 is 0 Å². The van der Waals surface area contributed by atoms with Crippen molar-refractivity contribution in [2.75, 3.05) is 13.6 Å². The quantitative estimate of drug-likeness (QED) is 0.583. The van der Waals surface area contributed by atoms with Gasteiger partial charge < -0.3 is 0 Å². The van der Waals surface area contributed by atoms with Crippen molar-refractivity contribution in [3.63, 3.8) is 0 Å². The van der Waals surface area contributed by atoms with Crippen LogP contribution in [0, 0.1) is 3.57 Å². The third kappa shape index (κ3) is 2.04. The van der Waals surface area contributed by atoms with Crippen LogP contribution in [-0.2, 0) is 0 Å². The van der Waals surface area contributed by atoms with Crippen molar-refractivity contribution in [3.05, 3.63) is 26.5 Å². The average Bonchev–Trinajstić information content (AvgIpc) is 2.57. The summed E-state index contributed by atoms with van der Waals surface area (Å²) in [5.41, 5.74) is 1.29. The van der Waals surface area contributed by atoms with Gasteiger partial charge in [-0.25, -0.2) is 4.98 Å². The molecule has 1 atom stereocenters. The van der Waals surface area contributed by atoms with Crippen molar-refractivity contribution in [3.8, 4) is 0 Å². The predicted molar refractivity (Wildman–Crippen MR) is 66.6 cm³/mol. The molecule has 0 N–H and O–H groups in total. The first-order valence-electron chi connectivity index (χ1n) is 4.69. The van der Waals surface area contributed by atoms with Gasteiger partial charge >= 0.3 is 0 Å². The molecule has 0 aromatic carbocycles. The first kappa shape index (κ1) is 10.6. The molecule has 0 amide bonds. The Hall–Kier alpha value is 0.130. The molecule has 0 radical (unpaired) electrons. The summed E-state index contributed by atoms with van der Waals surface area (Å²) in [6, 6.07) is 2.68. The molecule has 2 rings (SSSR count). The Balaban J connectivity index is 2.28. The van der Waals surface area contributed by atoms with E-state index in [9.17, 15) is 0 Å². The van der Waals surface area contributed by atoms with Crippen LogP contribution in [0.15, 0.2) is 12.3 Å². The summed E-state index contributed by atoms with van der Waals surface area (Å²) in [5.74, 6) is 0. The topological polar surface area (TPSA) is 16.1 Å². The predicted octanol–water partition coefficient (Wildman–Crippen LogP) is 3.11. The Morgan fingerprint density at radius 1 is 1.64 bits per heavy atom. The van der Waals surface area contributed by atoms with Gasteiger partial charge in [0.25, 0.3) is 0 Å². The van der Waals surface area contributed by atoms with Crippen molar-refractivity contribution in [1.29, 1.82) is 0 Å². The van der Waals surface area contributed by atoms with Crippen LogP contribution in [0.2, 0.25) is 5.15 Å². The molecule has 0 aliphatic carbocycles. The van der Waals surface area contributed by atoms with Crippen molar-refractivity contribution >= 4 is 34.2 Å². The minimum atomic E-state index is 0.535. The van der Waals surface area contributed by atoms with Crippen molar-refractivity contribution in [2.24, 2.45) is 0 Å². The molecule has 0 saturated carbocycles. The highest BCUT2D eigenvalue weighted by Gasteiger charge is 2.23. The van der Waals surface area contributed by atoms with E-state index in [1.54, 1.807) is 0 Å². The van der Waals surface area contributed by atoms with Crippen molar-refractivity contribution in [1.82, 2.24) is 9.88 Å². The molecule has 0 unspecified atom stereocenters. The minimum absolute atomic E-state index is 0.535. The molecule has 14 heavy (non-hydrogen) atoms. The second-order valence-corrected chi connectivity index (χ2v) is 5.20. The van der Waals surface area contributed by atoms with E-state index in [2.05, 4.69) is 45.6 Å². The number of hydrogen-bond donors (Lipinski definition) is 0. The van der Waals surface area contributed by atoms with E-state index in [1.165, 1.54) is 24.9 Å². The monoisotopic (exact) mass is 322 g/mol. The summed E-state index contributed by atoms with van der Waals surface area (Å²) in [6.45, 7) is 1.18. The van der Waals surface area contributed by atoms with Gasteiger partial charge in [0.2, 0.25) is 0 Å². The van der Waals surface area contributed by atoms with Crippen LogP contribution in [0.3, 0.4) is 0 Å². The molecule has 1 aliphatic rings. The number of nitrogens with zero attached hydrogens (tertiary/aromatic N) is 2. The molecule has 2 nitrogen and oxygen atoms in total. The van der Waals surface area contributed by atoms with E-state index in [1.807, 2.05) is 6.20 Å². The highest BCUT2D eigenvalue weighted by molar-refractivity contribution is 14.1. The number of aromatic nitrogens is 1. The van der Waals surface area contributed by atoms with Crippen LogP contribution in [0.5, 0.6) is 0 Å². The summed E-state index contributed by atoms with van der Waals surface area (Å²) in [5, 5.41) is 0.606. The molecule has 4 heteroatoms. The van der Waals surface area contributed by atoms with Crippen LogP contribution in [0.1, 0.15) is 24.4 Å². The second kappa shape index (κ2) is 4.33. The Kier molecular flexibility index (Phi) is 3.29. The zero-order valence-corrected chi connectivity index (χ0v) is 10.9. The maximum Gasteiger partial charge on any atom is 0.142 e. The smallest absolute Gasteiger partial charge is 0.142 e. The van der Waals surface area contributed by atoms with Gasteiger partial charge in [-0.1, -0.05) is 11.6 Å². The normalized spacial score (nSPS) is 22.9. The first-order chi connectivity index (χ1) is 6.68.